The van der Waals surface area contributed by atoms with Gasteiger partial charge in [-0.3, -0.25) is 9.69 Å². The SMILES string of the molecule is CC1CNCCN1CC(N)=O. The van der Waals surface area contributed by atoms with E-state index in [4.69, 9.17) is 5.73 Å². The lowest BCUT2D eigenvalue weighted by Gasteiger charge is -2.32. The van der Waals surface area contributed by atoms with Crippen molar-refractivity contribution in [2.24, 2.45) is 5.73 Å². The van der Waals surface area contributed by atoms with E-state index in [0.717, 1.165) is 19.6 Å². The molecule has 64 valence electrons. The van der Waals surface area contributed by atoms with Crippen LogP contribution in [0.25, 0.3) is 0 Å². The Labute approximate surface area is 66.7 Å². The van der Waals surface area contributed by atoms with Crippen LogP contribution in [0.4, 0.5) is 0 Å². The van der Waals surface area contributed by atoms with Gasteiger partial charge >= 0.3 is 0 Å². The number of nitrogens with one attached hydrogen (secondary N) is 1. The first-order valence-electron chi connectivity index (χ1n) is 3.93. The molecule has 4 heteroatoms. The molecule has 0 radical (unpaired) electrons. The summed E-state index contributed by atoms with van der Waals surface area (Å²) in [5, 5.41) is 3.24. The molecule has 0 bridgehead atoms. The van der Waals surface area contributed by atoms with Crippen molar-refractivity contribution >= 4 is 5.91 Å². The van der Waals surface area contributed by atoms with Gasteiger partial charge in [0.15, 0.2) is 0 Å². The molecule has 1 heterocycles. The van der Waals surface area contributed by atoms with E-state index in [1.807, 2.05) is 0 Å². The Morgan fingerprint density at radius 3 is 3.09 bits per heavy atom. The van der Waals surface area contributed by atoms with E-state index in [2.05, 4.69) is 17.1 Å². The molecule has 0 aromatic heterocycles. The Hall–Kier alpha value is -0.610. The van der Waals surface area contributed by atoms with Gasteiger partial charge in [-0.1, -0.05) is 0 Å². The van der Waals surface area contributed by atoms with Gasteiger partial charge in [0.1, 0.15) is 0 Å². The number of primary amides is 1. The fraction of sp³-hybridized carbons (Fsp3) is 0.857. The molecular formula is C7H15N3O. The Bertz CT molecular complexity index is 149. The van der Waals surface area contributed by atoms with Gasteiger partial charge in [0.2, 0.25) is 5.91 Å². The molecule has 11 heavy (non-hydrogen) atoms. The number of nitrogens with zero attached hydrogens (tertiary/aromatic N) is 1. The molecule has 3 N–H and O–H groups in total. The molecule has 0 aromatic rings. The number of piperazine rings is 1. The fourth-order valence-corrected chi connectivity index (χ4v) is 1.32. The predicted molar refractivity (Wildman–Crippen MR) is 43.1 cm³/mol. The summed E-state index contributed by atoms with van der Waals surface area (Å²) in [6.07, 6.45) is 0. The Morgan fingerprint density at radius 1 is 1.82 bits per heavy atom. The van der Waals surface area contributed by atoms with Gasteiger partial charge in [0.05, 0.1) is 6.54 Å². The lowest BCUT2D eigenvalue weighted by Crippen LogP contribution is -2.52. The van der Waals surface area contributed by atoms with E-state index in [1.54, 1.807) is 0 Å². The zero-order valence-electron chi connectivity index (χ0n) is 6.84. The van der Waals surface area contributed by atoms with Crippen molar-refractivity contribution in [2.45, 2.75) is 13.0 Å². The zero-order chi connectivity index (χ0) is 8.27. The van der Waals surface area contributed by atoms with E-state index in [-0.39, 0.29) is 5.91 Å². The first-order chi connectivity index (χ1) is 5.20. The highest BCUT2D eigenvalue weighted by molar-refractivity contribution is 5.75. The van der Waals surface area contributed by atoms with Crippen molar-refractivity contribution in [1.82, 2.24) is 10.2 Å². The maximum absolute atomic E-state index is 10.6. The highest BCUT2D eigenvalue weighted by atomic mass is 16.1. The molecule has 4 nitrogen and oxygen atoms in total. The quantitative estimate of drug-likeness (QED) is 0.527. The maximum Gasteiger partial charge on any atom is 0.231 e. The molecule has 1 unspecified atom stereocenters. The van der Waals surface area contributed by atoms with Crippen molar-refractivity contribution in [3.8, 4) is 0 Å². The van der Waals surface area contributed by atoms with Crippen LogP contribution in [0.15, 0.2) is 0 Å². The highest BCUT2D eigenvalue weighted by Gasteiger charge is 2.18. The summed E-state index contributed by atoms with van der Waals surface area (Å²) in [6, 6.07) is 0.427. The predicted octanol–water partition coefficient (Wildman–Crippen LogP) is -1.23. The monoisotopic (exact) mass is 157 g/mol. The molecule has 0 saturated carbocycles. The highest BCUT2D eigenvalue weighted by Crippen LogP contribution is 2.00. The second-order valence-electron chi connectivity index (χ2n) is 2.99. The average Bonchev–Trinajstić information content (AvgIpc) is 1.93. The first-order valence-corrected chi connectivity index (χ1v) is 3.93. The molecule has 1 atom stereocenters. The number of hydrogen-bond acceptors (Lipinski definition) is 3. The van der Waals surface area contributed by atoms with E-state index >= 15 is 0 Å². The van der Waals surface area contributed by atoms with Crippen LogP contribution in [0.2, 0.25) is 0 Å². The fourth-order valence-electron chi connectivity index (χ4n) is 1.32. The maximum atomic E-state index is 10.6. The minimum absolute atomic E-state index is 0.237. The lowest BCUT2D eigenvalue weighted by atomic mass is 10.2. The third-order valence-electron chi connectivity index (χ3n) is 2.00. The standard InChI is InChI=1S/C7H15N3O/c1-6-4-9-2-3-10(6)5-7(8)11/h6,9H,2-5H2,1H3,(H2,8,11). The number of carbonyl (C=O) groups excluding carboxylic acids is 1. The summed E-state index contributed by atoms with van der Waals surface area (Å²) in [5.74, 6) is -0.237. The van der Waals surface area contributed by atoms with Crippen molar-refractivity contribution in [2.75, 3.05) is 26.2 Å². The Balaban J connectivity index is 2.35. The summed E-state index contributed by atoms with van der Waals surface area (Å²) >= 11 is 0. The van der Waals surface area contributed by atoms with Gasteiger partial charge in [-0.25, -0.2) is 0 Å². The van der Waals surface area contributed by atoms with E-state index < -0.39 is 0 Å². The number of hydrogen-bond donors (Lipinski definition) is 2. The van der Waals surface area contributed by atoms with Gasteiger partial charge in [0, 0.05) is 25.7 Å². The van der Waals surface area contributed by atoms with Crippen LogP contribution in [0.1, 0.15) is 6.92 Å². The third kappa shape index (κ3) is 2.48. The lowest BCUT2D eigenvalue weighted by molar-refractivity contribution is -0.119. The Morgan fingerprint density at radius 2 is 2.55 bits per heavy atom. The smallest absolute Gasteiger partial charge is 0.231 e. The van der Waals surface area contributed by atoms with Crippen LogP contribution in [-0.4, -0.2) is 43.0 Å². The summed E-state index contributed by atoms with van der Waals surface area (Å²) in [5.41, 5.74) is 5.08. The molecule has 0 aliphatic carbocycles. The normalized spacial score (nSPS) is 26.8. The summed E-state index contributed by atoms with van der Waals surface area (Å²) in [4.78, 5) is 12.7. The summed E-state index contributed by atoms with van der Waals surface area (Å²) < 4.78 is 0. The second-order valence-corrected chi connectivity index (χ2v) is 2.99. The molecular weight excluding hydrogens is 142 g/mol. The second kappa shape index (κ2) is 3.69. The minimum Gasteiger partial charge on any atom is -0.369 e. The van der Waals surface area contributed by atoms with Gasteiger partial charge < -0.3 is 11.1 Å². The van der Waals surface area contributed by atoms with E-state index in [1.165, 1.54) is 0 Å². The number of rotatable bonds is 2. The number of carbonyl (C=O) groups is 1. The number of nitrogens with two attached hydrogens (primary N) is 1. The van der Waals surface area contributed by atoms with Crippen LogP contribution in [-0.2, 0) is 4.79 Å². The molecule has 1 aliphatic rings. The van der Waals surface area contributed by atoms with Gasteiger partial charge in [-0.05, 0) is 6.92 Å². The Kier molecular flexibility index (Phi) is 2.84. The van der Waals surface area contributed by atoms with Crippen molar-refractivity contribution in [3.63, 3.8) is 0 Å². The first kappa shape index (κ1) is 8.49. The molecule has 1 rings (SSSR count). The van der Waals surface area contributed by atoms with Gasteiger partial charge in [-0.15, -0.1) is 0 Å². The topological polar surface area (TPSA) is 58.4 Å². The van der Waals surface area contributed by atoms with Crippen LogP contribution >= 0.6 is 0 Å². The minimum atomic E-state index is -0.237. The van der Waals surface area contributed by atoms with Gasteiger partial charge in [-0.2, -0.15) is 0 Å². The zero-order valence-corrected chi connectivity index (χ0v) is 6.84. The van der Waals surface area contributed by atoms with Crippen molar-refractivity contribution in [1.29, 1.82) is 0 Å². The largest absolute Gasteiger partial charge is 0.369 e. The molecule has 1 aliphatic heterocycles. The van der Waals surface area contributed by atoms with Crippen LogP contribution < -0.4 is 11.1 Å². The van der Waals surface area contributed by atoms with Crippen LogP contribution in [0.3, 0.4) is 0 Å². The molecule has 1 amide bonds. The third-order valence-corrected chi connectivity index (χ3v) is 2.00. The van der Waals surface area contributed by atoms with Crippen LogP contribution in [0.5, 0.6) is 0 Å². The average molecular weight is 157 g/mol. The van der Waals surface area contributed by atoms with E-state index in [9.17, 15) is 4.79 Å². The molecule has 1 saturated heterocycles. The van der Waals surface area contributed by atoms with Crippen LogP contribution in [0, 0.1) is 0 Å². The van der Waals surface area contributed by atoms with Crippen molar-refractivity contribution < 1.29 is 4.79 Å². The molecule has 0 spiro atoms. The molecule has 1 fully saturated rings. The van der Waals surface area contributed by atoms with E-state index in [0.29, 0.717) is 12.6 Å². The molecule has 0 aromatic carbocycles. The summed E-state index contributed by atoms with van der Waals surface area (Å²) in [7, 11) is 0. The summed E-state index contributed by atoms with van der Waals surface area (Å²) in [6.45, 7) is 5.31. The van der Waals surface area contributed by atoms with Crippen molar-refractivity contribution in [3.05, 3.63) is 0 Å². The van der Waals surface area contributed by atoms with Gasteiger partial charge in [0.25, 0.3) is 0 Å². The number of amides is 1.